The molecule has 0 saturated carbocycles. The molecule has 0 spiro atoms. The van der Waals surface area contributed by atoms with Gasteiger partial charge in [-0.25, -0.2) is 0 Å². The number of ketones is 1. The van der Waals surface area contributed by atoms with Gasteiger partial charge in [-0.2, -0.15) is 0 Å². The predicted molar refractivity (Wildman–Crippen MR) is 75.9 cm³/mol. The number of allylic oxidation sites excluding steroid dienone is 5. The SMILES string of the molecule is O=C1C2=Cc3cccc(Cl)c3C2=C(Cl)C(Cl)=C1Cl. The van der Waals surface area contributed by atoms with E-state index in [1.807, 2.05) is 12.1 Å². The first kappa shape index (κ1) is 12.3. The standard InChI is InChI=1S/C13H4Cl4O/c14-7-3-1-2-5-4-6-9(8(5)7)10(15)11(16)12(17)13(6)18/h1-4H. The molecule has 0 atom stereocenters. The van der Waals surface area contributed by atoms with Crippen LogP contribution < -0.4 is 0 Å². The van der Waals surface area contributed by atoms with Crippen molar-refractivity contribution in [3.63, 3.8) is 0 Å². The lowest BCUT2D eigenvalue weighted by Gasteiger charge is -2.16. The minimum atomic E-state index is -0.326. The summed E-state index contributed by atoms with van der Waals surface area (Å²) in [5.41, 5.74) is 2.58. The lowest BCUT2D eigenvalue weighted by atomic mass is 9.95. The molecule has 0 unspecified atom stereocenters. The van der Waals surface area contributed by atoms with Gasteiger partial charge in [0.15, 0.2) is 0 Å². The molecule has 0 aromatic heterocycles. The van der Waals surface area contributed by atoms with Gasteiger partial charge in [0.1, 0.15) is 5.03 Å². The van der Waals surface area contributed by atoms with Crippen LogP contribution in [0.2, 0.25) is 5.02 Å². The number of halogens is 4. The molecule has 1 aromatic carbocycles. The predicted octanol–water partition coefficient (Wildman–Crippen LogP) is 4.96. The second-order valence-corrected chi connectivity index (χ2v) is 5.45. The Balaban J connectivity index is 2.39. The van der Waals surface area contributed by atoms with Crippen LogP contribution in [0, 0.1) is 0 Å². The monoisotopic (exact) mass is 316 g/mol. The van der Waals surface area contributed by atoms with Crippen LogP contribution in [0.3, 0.4) is 0 Å². The highest BCUT2D eigenvalue weighted by Crippen LogP contribution is 2.49. The molecule has 0 fully saturated rings. The van der Waals surface area contributed by atoms with E-state index in [-0.39, 0.29) is 20.9 Å². The molecule has 0 aliphatic heterocycles. The Morgan fingerprint density at radius 3 is 2.33 bits per heavy atom. The molecule has 2 aliphatic rings. The number of fused-ring (bicyclic) bond motifs is 3. The quantitative estimate of drug-likeness (QED) is 0.661. The van der Waals surface area contributed by atoms with Crippen LogP contribution >= 0.6 is 46.4 Å². The van der Waals surface area contributed by atoms with Gasteiger partial charge < -0.3 is 0 Å². The average Bonchev–Trinajstić information content (AvgIpc) is 2.75. The van der Waals surface area contributed by atoms with Gasteiger partial charge in [0.05, 0.1) is 10.1 Å². The van der Waals surface area contributed by atoms with Crippen molar-refractivity contribution in [2.45, 2.75) is 0 Å². The topological polar surface area (TPSA) is 17.1 Å². The summed E-state index contributed by atoms with van der Waals surface area (Å²) in [6.07, 6.45) is 1.73. The molecule has 0 heterocycles. The maximum absolute atomic E-state index is 12.1. The third-order valence-electron chi connectivity index (χ3n) is 2.91. The molecule has 0 bridgehead atoms. The summed E-state index contributed by atoms with van der Waals surface area (Å²) in [6, 6.07) is 5.41. The summed E-state index contributed by atoms with van der Waals surface area (Å²) in [7, 11) is 0. The Bertz CT molecular complexity index is 695. The van der Waals surface area contributed by atoms with Crippen molar-refractivity contribution in [1.82, 2.24) is 0 Å². The van der Waals surface area contributed by atoms with E-state index in [9.17, 15) is 4.79 Å². The molecule has 5 heteroatoms. The highest BCUT2D eigenvalue weighted by Gasteiger charge is 2.35. The zero-order chi connectivity index (χ0) is 13.0. The zero-order valence-electron chi connectivity index (χ0n) is 8.73. The molecule has 0 radical (unpaired) electrons. The Morgan fingerprint density at radius 1 is 0.889 bits per heavy atom. The van der Waals surface area contributed by atoms with Gasteiger partial charge in [0, 0.05) is 21.7 Å². The number of hydrogen-bond donors (Lipinski definition) is 0. The molecule has 18 heavy (non-hydrogen) atoms. The largest absolute Gasteiger partial charge is 0.288 e. The van der Waals surface area contributed by atoms with E-state index in [2.05, 4.69) is 0 Å². The average molecular weight is 318 g/mol. The van der Waals surface area contributed by atoms with E-state index < -0.39 is 0 Å². The van der Waals surface area contributed by atoms with Crippen LogP contribution in [-0.2, 0) is 4.79 Å². The highest BCUT2D eigenvalue weighted by molar-refractivity contribution is 6.59. The summed E-state index contributed by atoms with van der Waals surface area (Å²) in [5, 5.41) is 0.811. The molecule has 0 N–H and O–H groups in total. The Hall–Kier alpha value is -0.730. The molecule has 0 amide bonds. The van der Waals surface area contributed by atoms with E-state index in [4.69, 9.17) is 46.4 Å². The van der Waals surface area contributed by atoms with Crippen LogP contribution in [0.4, 0.5) is 0 Å². The summed E-state index contributed by atoms with van der Waals surface area (Å²) < 4.78 is 0. The van der Waals surface area contributed by atoms with E-state index in [1.54, 1.807) is 12.1 Å². The van der Waals surface area contributed by atoms with E-state index in [0.717, 1.165) is 11.1 Å². The van der Waals surface area contributed by atoms with Crippen molar-refractivity contribution < 1.29 is 4.79 Å². The third-order valence-corrected chi connectivity index (χ3v) is 4.54. The summed E-state index contributed by atoms with van der Waals surface area (Å²) >= 11 is 24.2. The van der Waals surface area contributed by atoms with Gasteiger partial charge >= 0.3 is 0 Å². The second-order valence-electron chi connectivity index (χ2n) is 3.91. The molecule has 1 nitrogen and oxygen atoms in total. The van der Waals surface area contributed by atoms with Crippen LogP contribution in [0.15, 0.2) is 38.9 Å². The van der Waals surface area contributed by atoms with Gasteiger partial charge in [-0.3, -0.25) is 4.79 Å². The third kappa shape index (κ3) is 1.52. The number of Topliss-reactive ketones (excluding diaryl/α,β-unsaturated/α-hetero) is 1. The lowest BCUT2D eigenvalue weighted by Crippen LogP contribution is -2.09. The second kappa shape index (κ2) is 4.14. The Kier molecular flexibility index (Phi) is 2.83. The molecule has 1 aromatic rings. The minimum Gasteiger partial charge on any atom is -0.288 e. The van der Waals surface area contributed by atoms with E-state index in [0.29, 0.717) is 16.2 Å². The fourth-order valence-electron chi connectivity index (χ4n) is 2.12. The zero-order valence-corrected chi connectivity index (χ0v) is 11.8. The molecular formula is C13H4Cl4O. The fraction of sp³-hybridized carbons (Fsp3) is 0. The van der Waals surface area contributed by atoms with Crippen LogP contribution in [0.5, 0.6) is 0 Å². The highest BCUT2D eigenvalue weighted by atomic mass is 35.5. The number of carbonyl (C=O) groups excluding carboxylic acids is 1. The number of rotatable bonds is 0. The summed E-state index contributed by atoms with van der Waals surface area (Å²) in [4.78, 5) is 12.1. The van der Waals surface area contributed by atoms with Gasteiger partial charge in [-0.15, -0.1) is 0 Å². The fourth-order valence-corrected chi connectivity index (χ4v) is 3.11. The lowest BCUT2D eigenvalue weighted by molar-refractivity contribution is -0.111. The first-order valence-electron chi connectivity index (χ1n) is 5.03. The molecule has 90 valence electrons. The Labute approximate surface area is 123 Å². The first-order valence-corrected chi connectivity index (χ1v) is 6.54. The molecule has 3 rings (SSSR count). The van der Waals surface area contributed by atoms with Gasteiger partial charge in [0.25, 0.3) is 0 Å². The molecular weight excluding hydrogens is 314 g/mol. The van der Waals surface area contributed by atoms with Gasteiger partial charge in [0.2, 0.25) is 5.78 Å². The van der Waals surface area contributed by atoms with E-state index in [1.165, 1.54) is 0 Å². The van der Waals surface area contributed by atoms with Crippen molar-refractivity contribution >= 4 is 63.8 Å². The maximum atomic E-state index is 12.1. The van der Waals surface area contributed by atoms with Crippen molar-refractivity contribution in [3.8, 4) is 0 Å². The minimum absolute atomic E-state index is 0.0550. The van der Waals surface area contributed by atoms with Crippen molar-refractivity contribution in [1.29, 1.82) is 0 Å². The van der Waals surface area contributed by atoms with Crippen molar-refractivity contribution in [2.75, 3.05) is 0 Å². The van der Waals surface area contributed by atoms with Crippen LogP contribution in [0.25, 0.3) is 11.6 Å². The normalized spacial score (nSPS) is 18.0. The van der Waals surface area contributed by atoms with Crippen molar-refractivity contribution in [2.24, 2.45) is 0 Å². The van der Waals surface area contributed by atoms with E-state index >= 15 is 0 Å². The summed E-state index contributed by atoms with van der Waals surface area (Å²) in [6.45, 7) is 0. The van der Waals surface area contributed by atoms with Crippen LogP contribution in [-0.4, -0.2) is 5.78 Å². The Morgan fingerprint density at radius 2 is 1.61 bits per heavy atom. The van der Waals surface area contributed by atoms with Gasteiger partial charge in [-0.05, 0) is 17.7 Å². The number of benzene rings is 1. The smallest absolute Gasteiger partial charge is 0.206 e. The first-order chi connectivity index (χ1) is 8.52. The molecule has 2 aliphatic carbocycles. The summed E-state index contributed by atoms with van der Waals surface area (Å²) in [5.74, 6) is -0.326. The molecule has 0 saturated heterocycles. The van der Waals surface area contributed by atoms with Crippen molar-refractivity contribution in [3.05, 3.63) is 55.0 Å². The van der Waals surface area contributed by atoms with Gasteiger partial charge in [-0.1, -0.05) is 58.5 Å². The number of hydrogen-bond acceptors (Lipinski definition) is 1. The number of carbonyl (C=O) groups is 1. The maximum Gasteiger partial charge on any atom is 0.206 e. The van der Waals surface area contributed by atoms with Crippen LogP contribution in [0.1, 0.15) is 11.1 Å².